The van der Waals surface area contributed by atoms with Gasteiger partial charge in [0.15, 0.2) is 5.96 Å². The van der Waals surface area contributed by atoms with Gasteiger partial charge >= 0.3 is 0 Å². The summed E-state index contributed by atoms with van der Waals surface area (Å²) in [6.07, 6.45) is 3.33. The Bertz CT molecular complexity index is 550. The molecule has 0 radical (unpaired) electrons. The number of halogens is 3. The van der Waals surface area contributed by atoms with Gasteiger partial charge in [-0.3, -0.25) is 9.20 Å². The van der Waals surface area contributed by atoms with Gasteiger partial charge in [-0.2, -0.15) is 0 Å². The normalized spacial score (nSPS) is 18.1. The van der Waals surface area contributed by atoms with Gasteiger partial charge in [0.25, 0.3) is 0 Å². The van der Waals surface area contributed by atoms with Crippen molar-refractivity contribution in [3.8, 4) is 0 Å². The summed E-state index contributed by atoms with van der Waals surface area (Å²) in [6, 6.07) is 3.03. The quantitative estimate of drug-likeness (QED) is 0.450. The second-order valence-electron chi connectivity index (χ2n) is 4.59. The number of hydrogen-bond acceptors (Lipinski definition) is 2. The van der Waals surface area contributed by atoms with Crippen molar-refractivity contribution in [1.82, 2.24) is 0 Å². The van der Waals surface area contributed by atoms with E-state index in [-0.39, 0.29) is 40.4 Å². The molecule has 0 bridgehead atoms. The van der Waals surface area contributed by atoms with Crippen LogP contribution in [0.4, 0.5) is 14.5 Å². The Hall–Kier alpha value is -0.770. The zero-order valence-corrected chi connectivity index (χ0v) is 14.0. The van der Waals surface area contributed by atoms with Gasteiger partial charge in [-0.25, -0.2) is 8.78 Å². The van der Waals surface area contributed by atoms with Crippen LogP contribution < -0.4 is 11.1 Å². The number of nitrogens with one attached hydrogen (secondary N) is 1. The molecule has 1 aliphatic rings. The average Bonchev–Trinajstić information content (AvgIpc) is 3.12. The zero-order chi connectivity index (χ0) is 14.0. The summed E-state index contributed by atoms with van der Waals surface area (Å²) in [7, 11) is -0.960. The molecular formula is C12H16F2IN3OS. The lowest BCUT2D eigenvalue weighted by atomic mass is 10.3. The van der Waals surface area contributed by atoms with Gasteiger partial charge in [-0.1, -0.05) is 0 Å². The van der Waals surface area contributed by atoms with E-state index in [2.05, 4.69) is 10.3 Å². The summed E-state index contributed by atoms with van der Waals surface area (Å²) in [5.74, 6) is -1.19. The van der Waals surface area contributed by atoms with Crippen molar-refractivity contribution in [1.29, 1.82) is 0 Å². The highest BCUT2D eigenvalue weighted by Gasteiger charge is 2.46. The number of aliphatic imine (C=N–C) groups is 1. The molecular weight excluding hydrogens is 399 g/mol. The van der Waals surface area contributed by atoms with E-state index in [4.69, 9.17) is 5.73 Å². The standard InChI is InChI=1S/C12H15F2N3OS.HI/c1-19(18)12(4-5-12)7-16-11(15)17-10-6-8(13)2-3-9(10)14;/h2-3,6H,4-5,7H2,1H3,(H3,15,16,17);1H. The molecule has 8 heteroatoms. The monoisotopic (exact) mass is 415 g/mol. The maximum atomic E-state index is 13.4. The Morgan fingerprint density at radius 1 is 1.50 bits per heavy atom. The summed E-state index contributed by atoms with van der Waals surface area (Å²) in [6.45, 7) is 0.325. The van der Waals surface area contributed by atoms with E-state index in [1.54, 1.807) is 6.26 Å². The lowest BCUT2D eigenvalue weighted by molar-refractivity contribution is 0.604. The van der Waals surface area contributed by atoms with Crippen LogP contribution in [-0.4, -0.2) is 27.7 Å². The topological polar surface area (TPSA) is 67.5 Å². The highest BCUT2D eigenvalue weighted by molar-refractivity contribution is 14.0. The Morgan fingerprint density at radius 2 is 2.15 bits per heavy atom. The van der Waals surface area contributed by atoms with Crippen molar-refractivity contribution >= 4 is 46.4 Å². The van der Waals surface area contributed by atoms with Crippen LogP contribution in [0.25, 0.3) is 0 Å². The van der Waals surface area contributed by atoms with Crippen molar-refractivity contribution in [2.24, 2.45) is 10.7 Å². The maximum absolute atomic E-state index is 13.4. The molecule has 0 aliphatic heterocycles. The summed E-state index contributed by atoms with van der Waals surface area (Å²) >= 11 is 0. The number of nitrogens with two attached hydrogens (primary N) is 1. The first kappa shape index (κ1) is 17.3. The van der Waals surface area contributed by atoms with Crippen molar-refractivity contribution in [3.63, 3.8) is 0 Å². The van der Waals surface area contributed by atoms with E-state index in [1.165, 1.54) is 0 Å². The van der Waals surface area contributed by atoms with Crippen LogP contribution >= 0.6 is 24.0 Å². The molecule has 3 N–H and O–H groups in total. The van der Waals surface area contributed by atoms with Crippen LogP contribution in [0.5, 0.6) is 0 Å². The summed E-state index contributed by atoms with van der Waals surface area (Å²) in [5, 5.41) is 2.50. The fourth-order valence-electron chi connectivity index (χ4n) is 1.68. The minimum Gasteiger partial charge on any atom is -0.370 e. The van der Waals surface area contributed by atoms with E-state index < -0.39 is 22.4 Å². The number of rotatable bonds is 4. The van der Waals surface area contributed by atoms with Gasteiger partial charge < -0.3 is 11.1 Å². The van der Waals surface area contributed by atoms with Gasteiger partial charge in [0.2, 0.25) is 0 Å². The fraction of sp³-hybridized carbons (Fsp3) is 0.417. The van der Waals surface area contributed by atoms with Crippen molar-refractivity contribution in [2.75, 3.05) is 18.1 Å². The maximum Gasteiger partial charge on any atom is 0.193 e. The molecule has 1 aromatic rings. The number of benzene rings is 1. The van der Waals surface area contributed by atoms with Gasteiger partial charge in [0, 0.05) is 23.1 Å². The largest absolute Gasteiger partial charge is 0.370 e. The average molecular weight is 415 g/mol. The van der Waals surface area contributed by atoms with Gasteiger partial charge in [-0.15, -0.1) is 24.0 Å². The highest BCUT2D eigenvalue weighted by atomic mass is 127. The van der Waals surface area contributed by atoms with E-state index in [1.807, 2.05) is 0 Å². The molecule has 1 fully saturated rings. The molecule has 0 heterocycles. The summed E-state index contributed by atoms with van der Waals surface area (Å²) in [4.78, 5) is 4.05. The molecule has 1 aromatic carbocycles. The Balaban J connectivity index is 0.00000200. The lowest BCUT2D eigenvalue weighted by Gasteiger charge is -2.10. The second-order valence-corrected chi connectivity index (χ2v) is 6.36. The first-order valence-corrected chi connectivity index (χ1v) is 7.34. The van der Waals surface area contributed by atoms with Gasteiger partial charge in [-0.05, 0) is 25.0 Å². The third-order valence-electron chi connectivity index (χ3n) is 3.15. The van der Waals surface area contributed by atoms with Crippen molar-refractivity contribution < 1.29 is 13.0 Å². The molecule has 0 aromatic heterocycles. The zero-order valence-electron chi connectivity index (χ0n) is 10.9. The third kappa shape index (κ3) is 4.11. The lowest BCUT2D eigenvalue weighted by Crippen LogP contribution is -2.27. The molecule has 1 atom stereocenters. The van der Waals surface area contributed by atoms with Gasteiger partial charge in [0.1, 0.15) is 11.6 Å². The van der Waals surface area contributed by atoms with E-state index in [0.29, 0.717) is 6.54 Å². The predicted octanol–water partition coefficient (Wildman–Crippen LogP) is 2.22. The molecule has 20 heavy (non-hydrogen) atoms. The van der Waals surface area contributed by atoms with E-state index in [9.17, 15) is 13.0 Å². The summed E-state index contributed by atoms with van der Waals surface area (Å²) < 4.78 is 37.5. The molecule has 112 valence electrons. The Kier molecular flexibility index (Phi) is 5.87. The number of hydrogen-bond donors (Lipinski definition) is 2. The molecule has 0 saturated heterocycles. The molecule has 1 unspecified atom stereocenters. The first-order chi connectivity index (χ1) is 8.93. The molecule has 0 spiro atoms. The predicted molar refractivity (Wildman–Crippen MR) is 87.9 cm³/mol. The van der Waals surface area contributed by atoms with Crippen LogP contribution in [0.3, 0.4) is 0 Å². The molecule has 0 amide bonds. The van der Waals surface area contributed by atoms with Crippen LogP contribution in [0.2, 0.25) is 0 Å². The van der Waals surface area contributed by atoms with Crippen molar-refractivity contribution in [3.05, 3.63) is 29.8 Å². The molecule has 2 rings (SSSR count). The van der Waals surface area contributed by atoms with Crippen LogP contribution in [0.1, 0.15) is 12.8 Å². The smallest absolute Gasteiger partial charge is 0.193 e. The SMILES string of the molecule is CS(=O)C1(CN=C(N)Nc2cc(F)ccc2F)CC1.I. The second kappa shape index (κ2) is 6.79. The van der Waals surface area contributed by atoms with Crippen molar-refractivity contribution in [2.45, 2.75) is 17.6 Å². The van der Waals surface area contributed by atoms with E-state index in [0.717, 1.165) is 31.0 Å². The number of nitrogens with zero attached hydrogens (tertiary/aromatic N) is 1. The van der Waals surface area contributed by atoms with E-state index >= 15 is 0 Å². The van der Waals surface area contributed by atoms with Gasteiger partial charge in [0.05, 0.1) is 17.0 Å². The van der Waals surface area contributed by atoms with Crippen LogP contribution in [0, 0.1) is 11.6 Å². The van der Waals surface area contributed by atoms with Crippen LogP contribution in [-0.2, 0) is 10.8 Å². The highest BCUT2D eigenvalue weighted by Crippen LogP contribution is 2.41. The molecule has 4 nitrogen and oxygen atoms in total. The van der Waals surface area contributed by atoms with Crippen LogP contribution in [0.15, 0.2) is 23.2 Å². The third-order valence-corrected chi connectivity index (χ3v) is 4.90. The Labute approximate surface area is 135 Å². The number of guanidine groups is 1. The molecule has 1 saturated carbocycles. The number of anilines is 1. The summed E-state index contributed by atoms with van der Waals surface area (Å²) in [5.41, 5.74) is 5.54. The minimum atomic E-state index is -0.960. The minimum absolute atomic E-state index is 0. The molecule has 1 aliphatic carbocycles. The first-order valence-electron chi connectivity index (χ1n) is 5.78. The Morgan fingerprint density at radius 3 is 2.70 bits per heavy atom. The fourth-order valence-corrected chi connectivity index (χ4v) is 2.60.